The van der Waals surface area contributed by atoms with Crippen molar-refractivity contribution in [2.75, 3.05) is 45.7 Å². The first kappa shape index (κ1) is 36.5. The Labute approximate surface area is 314 Å². The average Bonchev–Trinajstić information content (AvgIpc) is 3.18. The van der Waals surface area contributed by atoms with Crippen molar-refractivity contribution in [1.29, 1.82) is 0 Å². The van der Waals surface area contributed by atoms with Crippen LogP contribution in [0.4, 0.5) is 10.5 Å². The summed E-state index contributed by atoms with van der Waals surface area (Å²) in [6.45, 7) is 3.75. The number of anilines is 1. The molecule has 3 aromatic carbocycles. The number of imide groups is 1. The number of carbonyl (C=O) groups is 3. The molecule has 11 nitrogen and oxygen atoms in total. The Morgan fingerprint density at radius 2 is 1.64 bits per heavy atom. The highest BCUT2D eigenvalue weighted by Gasteiger charge is 2.32. The van der Waals surface area contributed by atoms with E-state index in [1.807, 2.05) is 71.6 Å². The number of urea groups is 1. The number of hydrogen-bond acceptors (Lipinski definition) is 7. The van der Waals surface area contributed by atoms with Crippen LogP contribution in [0.1, 0.15) is 55.6 Å². The van der Waals surface area contributed by atoms with Crippen molar-refractivity contribution >= 4 is 45.9 Å². The second kappa shape index (κ2) is 15.6. The minimum Gasteiger partial charge on any atom is -0.496 e. The molecule has 1 unspecified atom stereocenters. The number of nitrogens with one attached hydrogen (secondary N) is 2. The van der Waals surface area contributed by atoms with E-state index in [2.05, 4.69) is 27.7 Å². The smallest absolute Gasteiger partial charge is 0.319 e. The zero-order valence-electron chi connectivity index (χ0n) is 30.6. The van der Waals surface area contributed by atoms with E-state index in [1.54, 1.807) is 18.7 Å². The molecule has 4 heterocycles. The molecule has 1 atom stereocenters. The molecule has 4 amide bonds. The van der Waals surface area contributed by atoms with Crippen LogP contribution in [-0.2, 0) is 23.2 Å². The highest BCUT2D eigenvalue weighted by molar-refractivity contribution is 6.32. The van der Waals surface area contributed by atoms with Crippen LogP contribution in [0.15, 0.2) is 71.7 Å². The number of piperidine rings is 3. The first-order valence-electron chi connectivity index (χ1n) is 18.5. The molecular weight excluding hydrogens is 692 g/mol. The van der Waals surface area contributed by atoms with Crippen molar-refractivity contribution < 1.29 is 19.1 Å². The summed E-state index contributed by atoms with van der Waals surface area (Å²) in [5.41, 5.74) is 4.79. The number of amides is 4. The number of aryl methyl sites for hydroxylation is 1. The van der Waals surface area contributed by atoms with Crippen molar-refractivity contribution in [1.82, 2.24) is 24.6 Å². The van der Waals surface area contributed by atoms with Gasteiger partial charge >= 0.3 is 6.03 Å². The van der Waals surface area contributed by atoms with Crippen molar-refractivity contribution in [3.05, 3.63) is 93.4 Å². The fourth-order valence-electron chi connectivity index (χ4n) is 8.10. The molecule has 1 aromatic heterocycles. The Balaban J connectivity index is 0.912. The van der Waals surface area contributed by atoms with Crippen LogP contribution in [0, 0.1) is 0 Å². The number of halogens is 1. The second-order valence-corrected chi connectivity index (χ2v) is 15.0. The lowest BCUT2D eigenvalue weighted by Crippen LogP contribution is -2.51. The first-order chi connectivity index (χ1) is 25.6. The van der Waals surface area contributed by atoms with E-state index < -0.39 is 6.04 Å². The van der Waals surface area contributed by atoms with Crippen LogP contribution >= 0.6 is 11.6 Å². The Morgan fingerprint density at radius 1 is 0.943 bits per heavy atom. The third-order valence-electron chi connectivity index (χ3n) is 11.3. The number of carbonyl (C=O) groups excluding carboxylic acids is 3. The number of rotatable bonds is 8. The van der Waals surface area contributed by atoms with Crippen molar-refractivity contribution in [3.8, 4) is 16.9 Å². The number of methoxy groups -OCH3 is 1. The number of likely N-dealkylation sites (tertiary alicyclic amines) is 2. The van der Waals surface area contributed by atoms with E-state index in [0.717, 1.165) is 66.5 Å². The lowest BCUT2D eigenvalue weighted by molar-refractivity contribution is -0.133. The number of fused-ring (bicyclic) bond motifs is 1. The summed E-state index contributed by atoms with van der Waals surface area (Å²) in [5, 5.41) is 7.78. The molecule has 3 aliphatic rings. The van der Waals surface area contributed by atoms with Gasteiger partial charge in [-0.1, -0.05) is 41.9 Å². The molecule has 2 N–H and O–H groups in total. The van der Waals surface area contributed by atoms with Crippen LogP contribution in [0.25, 0.3) is 21.9 Å². The number of ether oxygens (including phenoxy) is 1. The summed E-state index contributed by atoms with van der Waals surface area (Å²) in [4.78, 5) is 56.2. The minimum atomic E-state index is -0.404. The monoisotopic (exact) mass is 738 g/mol. The van der Waals surface area contributed by atoms with Gasteiger partial charge in [-0.3, -0.25) is 24.6 Å². The maximum atomic E-state index is 13.6. The van der Waals surface area contributed by atoms with Crippen LogP contribution in [0.5, 0.6) is 5.75 Å². The second-order valence-electron chi connectivity index (χ2n) is 14.6. The molecular formula is C41H47ClN6O5. The van der Waals surface area contributed by atoms with Gasteiger partial charge in [0.05, 0.1) is 7.11 Å². The molecule has 3 saturated heterocycles. The minimum absolute atomic E-state index is 0.0402. The lowest BCUT2D eigenvalue weighted by Gasteiger charge is -2.40. The van der Waals surface area contributed by atoms with Gasteiger partial charge in [-0.2, -0.15) is 0 Å². The summed E-state index contributed by atoms with van der Waals surface area (Å²) in [6.07, 6.45) is 6.24. The van der Waals surface area contributed by atoms with Crippen LogP contribution in [0.3, 0.4) is 0 Å². The quantitative estimate of drug-likeness (QED) is 0.214. The maximum Gasteiger partial charge on any atom is 0.319 e. The molecule has 4 aromatic rings. The number of pyridine rings is 1. The molecule has 0 aliphatic carbocycles. The van der Waals surface area contributed by atoms with E-state index in [4.69, 9.17) is 16.3 Å². The third-order valence-corrected chi connectivity index (χ3v) is 11.6. The summed E-state index contributed by atoms with van der Waals surface area (Å²) >= 11 is 6.95. The average molecular weight is 739 g/mol. The lowest BCUT2D eigenvalue weighted by atomic mass is 9.89. The molecule has 0 radical (unpaired) electrons. The van der Waals surface area contributed by atoms with Gasteiger partial charge < -0.3 is 24.4 Å². The van der Waals surface area contributed by atoms with Gasteiger partial charge in [-0.05, 0) is 84.9 Å². The van der Waals surface area contributed by atoms with Crippen LogP contribution in [0.2, 0.25) is 5.02 Å². The van der Waals surface area contributed by atoms with Crippen molar-refractivity contribution in [2.45, 2.75) is 63.1 Å². The molecule has 0 saturated carbocycles. The Morgan fingerprint density at radius 3 is 2.32 bits per heavy atom. The third kappa shape index (κ3) is 7.77. The van der Waals surface area contributed by atoms with E-state index in [9.17, 15) is 19.2 Å². The molecule has 0 spiro atoms. The topological polar surface area (TPSA) is 116 Å². The van der Waals surface area contributed by atoms with Gasteiger partial charge in [0.2, 0.25) is 11.8 Å². The van der Waals surface area contributed by atoms with E-state index in [-0.39, 0.29) is 29.4 Å². The standard InChI is InChI=1S/C41H47ClN6O5/c1-45-24-33(31-6-4-5-7-32(31)40(45)51)28-22-35(42)34(37(23-28)53-3)25-47-18-16-30(17-19-47)46(2)41(52)48-20-14-27(15-21-48)26-8-10-29(11-9-26)43-36-12-13-38(49)44-39(36)50/h4-11,22-24,27,30,36,43H,12-21,25H2,1-3H3,(H,44,49,50). The molecule has 3 fully saturated rings. The van der Waals surface area contributed by atoms with Gasteiger partial charge in [0, 0.05) is 92.7 Å². The Kier molecular flexibility index (Phi) is 10.8. The van der Waals surface area contributed by atoms with Gasteiger partial charge in [0.25, 0.3) is 5.56 Å². The van der Waals surface area contributed by atoms with Gasteiger partial charge in [0.15, 0.2) is 0 Å². The SMILES string of the molecule is COc1cc(-c2cn(C)c(=O)c3ccccc23)cc(Cl)c1CN1CCC(N(C)C(=O)N2CCC(c3ccc(NC4CCC(=O)NC4=O)cc3)CC2)CC1. The Bertz CT molecular complexity index is 2070. The van der Waals surface area contributed by atoms with E-state index in [1.165, 1.54) is 5.56 Å². The summed E-state index contributed by atoms with van der Waals surface area (Å²) in [6, 6.07) is 19.6. The van der Waals surface area contributed by atoms with Crippen molar-refractivity contribution in [3.63, 3.8) is 0 Å². The van der Waals surface area contributed by atoms with Crippen LogP contribution in [-0.4, -0.2) is 89.5 Å². The van der Waals surface area contributed by atoms with E-state index in [0.29, 0.717) is 54.6 Å². The summed E-state index contributed by atoms with van der Waals surface area (Å²) in [7, 11) is 5.36. The number of hydrogen-bond donors (Lipinski definition) is 2. The fourth-order valence-corrected chi connectivity index (χ4v) is 8.37. The fraction of sp³-hybridized carbons (Fsp3) is 0.415. The van der Waals surface area contributed by atoms with Crippen molar-refractivity contribution in [2.24, 2.45) is 7.05 Å². The van der Waals surface area contributed by atoms with E-state index >= 15 is 0 Å². The number of benzene rings is 3. The molecule has 278 valence electrons. The highest BCUT2D eigenvalue weighted by atomic mass is 35.5. The molecule has 53 heavy (non-hydrogen) atoms. The molecule has 3 aliphatic heterocycles. The van der Waals surface area contributed by atoms with Gasteiger partial charge in [-0.25, -0.2) is 4.79 Å². The zero-order chi connectivity index (χ0) is 37.2. The summed E-state index contributed by atoms with van der Waals surface area (Å²) in [5.74, 6) is 0.583. The molecule has 7 rings (SSSR count). The number of nitrogens with zero attached hydrogens (tertiary/aromatic N) is 4. The highest BCUT2D eigenvalue weighted by Crippen LogP contribution is 2.37. The number of aromatic nitrogens is 1. The molecule has 0 bridgehead atoms. The van der Waals surface area contributed by atoms with Crippen LogP contribution < -0.4 is 20.9 Å². The summed E-state index contributed by atoms with van der Waals surface area (Å²) < 4.78 is 7.47. The zero-order valence-corrected chi connectivity index (χ0v) is 31.3. The van der Waals surface area contributed by atoms with Gasteiger partial charge in [0.1, 0.15) is 11.8 Å². The maximum absolute atomic E-state index is 13.6. The Hall–Kier alpha value is -4.87. The normalized spacial score (nSPS) is 18.9. The predicted octanol–water partition coefficient (Wildman–Crippen LogP) is 5.98. The largest absolute Gasteiger partial charge is 0.496 e. The van der Waals surface area contributed by atoms with Gasteiger partial charge in [-0.15, -0.1) is 0 Å². The predicted molar refractivity (Wildman–Crippen MR) is 207 cm³/mol. The first-order valence-corrected chi connectivity index (χ1v) is 18.9. The molecule has 12 heteroatoms.